The van der Waals surface area contributed by atoms with E-state index in [-0.39, 0.29) is 34.9 Å². The number of nitrogens with zero attached hydrogens (tertiary/aromatic N) is 1. The molecule has 2 aromatic carbocycles. The van der Waals surface area contributed by atoms with Crippen molar-refractivity contribution in [1.29, 1.82) is 0 Å². The number of phenolic OH excluding ortho intramolecular Hbond substituents is 2. The van der Waals surface area contributed by atoms with Crippen LogP contribution in [0.25, 0.3) is 0 Å². The molecule has 1 amide bonds. The van der Waals surface area contributed by atoms with Gasteiger partial charge in [0.2, 0.25) is 0 Å². The summed E-state index contributed by atoms with van der Waals surface area (Å²) in [6, 6.07) is 8.41. The number of esters is 1. The number of fused-ring (bicyclic) bond motifs is 1. The summed E-state index contributed by atoms with van der Waals surface area (Å²) in [7, 11) is 0. The summed E-state index contributed by atoms with van der Waals surface area (Å²) >= 11 is 0. The molecule has 31 heavy (non-hydrogen) atoms. The number of hydrogen-bond donors (Lipinski definition) is 3. The van der Waals surface area contributed by atoms with Crippen LogP contribution in [0.5, 0.6) is 11.5 Å². The van der Waals surface area contributed by atoms with Gasteiger partial charge in [0.15, 0.2) is 0 Å². The Morgan fingerprint density at radius 3 is 2.45 bits per heavy atom. The molecular formula is C24H30N2O5. The van der Waals surface area contributed by atoms with Crippen LogP contribution in [0.1, 0.15) is 66.2 Å². The highest BCUT2D eigenvalue weighted by Gasteiger charge is 2.27. The Kier molecular flexibility index (Phi) is 6.85. The van der Waals surface area contributed by atoms with Crippen molar-refractivity contribution in [2.24, 2.45) is 0 Å². The number of carbonyl (C=O) groups is 2. The SMILES string of the molecule is CCOC(=O)[C@H](C)NCc1ccc2c(c1)CN(C(=O)c1cc(C(C)C)c(O)cc1O)C2. The number of rotatable bonds is 7. The van der Waals surface area contributed by atoms with Crippen LogP contribution < -0.4 is 5.32 Å². The lowest BCUT2D eigenvalue weighted by atomic mass is 9.98. The fourth-order valence-corrected chi connectivity index (χ4v) is 3.72. The second-order valence-corrected chi connectivity index (χ2v) is 8.20. The lowest BCUT2D eigenvalue weighted by Gasteiger charge is -2.18. The molecule has 1 heterocycles. The zero-order chi connectivity index (χ0) is 22.7. The van der Waals surface area contributed by atoms with Gasteiger partial charge in [0, 0.05) is 25.7 Å². The minimum atomic E-state index is -0.404. The highest BCUT2D eigenvalue weighted by Crippen LogP contribution is 2.34. The maximum atomic E-state index is 13.1. The van der Waals surface area contributed by atoms with Crippen molar-refractivity contribution < 1.29 is 24.5 Å². The number of ether oxygens (including phenoxy) is 1. The van der Waals surface area contributed by atoms with Crippen molar-refractivity contribution in [2.45, 2.75) is 59.3 Å². The second-order valence-electron chi connectivity index (χ2n) is 8.20. The molecule has 1 atom stereocenters. The van der Waals surface area contributed by atoms with Crippen molar-refractivity contribution in [3.8, 4) is 11.5 Å². The summed E-state index contributed by atoms with van der Waals surface area (Å²) in [5.41, 5.74) is 3.93. The molecule has 0 radical (unpaired) electrons. The van der Waals surface area contributed by atoms with E-state index in [9.17, 15) is 19.8 Å². The van der Waals surface area contributed by atoms with Gasteiger partial charge < -0.3 is 25.2 Å². The van der Waals surface area contributed by atoms with Gasteiger partial charge >= 0.3 is 5.97 Å². The molecule has 7 nitrogen and oxygen atoms in total. The molecule has 3 rings (SSSR count). The highest BCUT2D eigenvalue weighted by atomic mass is 16.5. The molecule has 7 heteroatoms. The van der Waals surface area contributed by atoms with Gasteiger partial charge in [-0.15, -0.1) is 0 Å². The smallest absolute Gasteiger partial charge is 0.322 e. The van der Waals surface area contributed by atoms with Crippen molar-refractivity contribution in [3.05, 3.63) is 58.1 Å². The average Bonchev–Trinajstić information content (AvgIpc) is 3.15. The third-order valence-electron chi connectivity index (χ3n) is 5.53. The van der Waals surface area contributed by atoms with Gasteiger partial charge in [-0.2, -0.15) is 0 Å². The largest absolute Gasteiger partial charge is 0.508 e. The molecule has 1 aliphatic heterocycles. The van der Waals surface area contributed by atoms with Crippen LogP contribution in [0.15, 0.2) is 30.3 Å². The van der Waals surface area contributed by atoms with Crippen molar-refractivity contribution in [2.75, 3.05) is 6.61 Å². The number of hydrogen-bond acceptors (Lipinski definition) is 6. The zero-order valence-corrected chi connectivity index (χ0v) is 18.4. The maximum absolute atomic E-state index is 13.1. The van der Waals surface area contributed by atoms with E-state index in [2.05, 4.69) is 5.32 Å². The van der Waals surface area contributed by atoms with Crippen molar-refractivity contribution >= 4 is 11.9 Å². The molecule has 2 aromatic rings. The van der Waals surface area contributed by atoms with Crippen LogP contribution in [-0.2, 0) is 29.2 Å². The van der Waals surface area contributed by atoms with E-state index in [1.54, 1.807) is 24.8 Å². The topological polar surface area (TPSA) is 99.1 Å². The van der Waals surface area contributed by atoms with E-state index in [1.165, 1.54) is 6.07 Å². The van der Waals surface area contributed by atoms with Crippen LogP contribution >= 0.6 is 0 Å². The molecule has 0 fully saturated rings. The standard InChI is InChI=1S/C24H30N2O5/c1-5-31-24(30)15(4)25-11-16-6-7-17-12-26(13-18(17)8-16)23(29)20-9-19(14(2)3)21(27)10-22(20)28/h6-10,14-15,25,27-28H,5,11-13H2,1-4H3/t15-/m0/s1. The van der Waals surface area contributed by atoms with E-state index in [1.807, 2.05) is 32.0 Å². The molecule has 0 aromatic heterocycles. The van der Waals surface area contributed by atoms with E-state index in [4.69, 9.17) is 4.74 Å². The first-order chi connectivity index (χ1) is 14.7. The van der Waals surface area contributed by atoms with Gasteiger partial charge in [-0.05, 0) is 48.1 Å². The molecule has 0 unspecified atom stereocenters. The first kappa shape index (κ1) is 22.6. The third kappa shape index (κ3) is 4.99. The Bertz CT molecular complexity index is 986. The molecule has 0 saturated heterocycles. The Balaban J connectivity index is 1.70. The predicted octanol–water partition coefficient (Wildman–Crippen LogP) is 3.42. The Morgan fingerprint density at radius 1 is 1.06 bits per heavy atom. The molecule has 0 saturated carbocycles. The minimum absolute atomic E-state index is 0.0112. The predicted molar refractivity (Wildman–Crippen MR) is 117 cm³/mol. The maximum Gasteiger partial charge on any atom is 0.322 e. The molecule has 0 spiro atoms. The number of amides is 1. The Morgan fingerprint density at radius 2 is 1.77 bits per heavy atom. The van der Waals surface area contributed by atoms with Crippen LogP contribution in [-0.4, -0.2) is 39.6 Å². The number of benzene rings is 2. The molecule has 3 N–H and O–H groups in total. The molecule has 166 valence electrons. The van der Waals surface area contributed by atoms with Crippen LogP contribution in [0.2, 0.25) is 0 Å². The average molecular weight is 427 g/mol. The van der Waals surface area contributed by atoms with E-state index < -0.39 is 6.04 Å². The normalized spacial score (nSPS) is 13.9. The van der Waals surface area contributed by atoms with E-state index >= 15 is 0 Å². The molecule has 0 bridgehead atoms. The number of nitrogens with one attached hydrogen (secondary N) is 1. The molecule has 0 aliphatic carbocycles. The second kappa shape index (κ2) is 9.39. The monoisotopic (exact) mass is 426 g/mol. The summed E-state index contributed by atoms with van der Waals surface area (Å²) in [5.74, 6) is -0.764. The van der Waals surface area contributed by atoms with Crippen LogP contribution in [0.3, 0.4) is 0 Å². The lowest BCUT2D eigenvalue weighted by molar-refractivity contribution is -0.145. The third-order valence-corrected chi connectivity index (χ3v) is 5.53. The summed E-state index contributed by atoms with van der Waals surface area (Å²) < 4.78 is 5.01. The Labute approximate surface area is 182 Å². The van der Waals surface area contributed by atoms with Gasteiger partial charge in [-0.1, -0.05) is 32.0 Å². The number of aromatic hydroxyl groups is 2. The van der Waals surface area contributed by atoms with Gasteiger partial charge in [-0.25, -0.2) is 0 Å². The Hall–Kier alpha value is -3.06. The molecular weight excluding hydrogens is 396 g/mol. The zero-order valence-electron chi connectivity index (χ0n) is 18.4. The van der Waals surface area contributed by atoms with Gasteiger partial charge in [-0.3, -0.25) is 9.59 Å². The van der Waals surface area contributed by atoms with Gasteiger partial charge in [0.05, 0.1) is 12.2 Å². The highest BCUT2D eigenvalue weighted by molar-refractivity contribution is 5.97. The summed E-state index contributed by atoms with van der Waals surface area (Å²) in [4.78, 5) is 26.5. The number of phenols is 2. The first-order valence-corrected chi connectivity index (χ1v) is 10.6. The van der Waals surface area contributed by atoms with Gasteiger partial charge in [0.1, 0.15) is 17.5 Å². The fraction of sp³-hybridized carbons (Fsp3) is 0.417. The van der Waals surface area contributed by atoms with Crippen molar-refractivity contribution in [3.63, 3.8) is 0 Å². The fourth-order valence-electron chi connectivity index (χ4n) is 3.72. The summed E-state index contributed by atoms with van der Waals surface area (Å²) in [6.07, 6.45) is 0. The molecule has 1 aliphatic rings. The number of carbonyl (C=O) groups excluding carboxylic acids is 2. The van der Waals surface area contributed by atoms with Gasteiger partial charge in [0.25, 0.3) is 5.91 Å². The van der Waals surface area contributed by atoms with Crippen LogP contribution in [0, 0.1) is 0 Å². The first-order valence-electron chi connectivity index (χ1n) is 10.6. The minimum Gasteiger partial charge on any atom is -0.508 e. The van der Waals surface area contributed by atoms with E-state index in [0.717, 1.165) is 16.7 Å². The van der Waals surface area contributed by atoms with E-state index in [0.29, 0.717) is 31.8 Å². The summed E-state index contributed by atoms with van der Waals surface area (Å²) in [6.45, 7) is 9.14. The van der Waals surface area contributed by atoms with Crippen molar-refractivity contribution in [1.82, 2.24) is 10.2 Å². The quantitative estimate of drug-likeness (QED) is 0.587. The summed E-state index contributed by atoms with van der Waals surface area (Å²) in [5, 5.41) is 23.4. The lowest BCUT2D eigenvalue weighted by Crippen LogP contribution is -2.34. The van der Waals surface area contributed by atoms with Crippen LogP contribution in [0.4, 0.5) is 0 Å².